The summed E-state index contributed by atoms with van der Waals surface area (Å²) in [6, 6.07) is 12.2. The van der Waals surface area contributed by atoms with E-state index in [1.165, 1.54) is 68.9 Å². The highest BCUT2D eigenvalue weighted by molar-refractivity contribution is 8.01. The zero-order chi connectivity index (χ0) is 30.7. The third-order valence-corrected chi connectivity index (χ3v) is 11.0. The molecule has 2 fully saturated rings. The fourth-order valence-electron chi connectivity index (χ4n) is 4.77. The number of thioether (sulfide) groups is 2. The van der Waals surface area contributed by atoms with Gasteiger partial charge in [0, 0.05) is 23.7 Å². The number of aryl methyl sites for hydroxylation is 1. The Labute approximate surface area is 259 Å². The standard InChI is InChI=1S/C28H28N4O8S3/c1-16-29-30-27(43-16)42-15-28(26(37)38)13-31-23(35)22(24(31)41-14-28)32(21(34)11-33)19-7-5-18(6-8-19)25(36)40-12-17-3-9-20(39-2)10-4-17/h3-10,22,24,33H,11-15H2,1-2H3,(H,37,38)/t22?,24-,28?/m1/s1. The number of fused-ring (bicyclic) bond motifs is 1. The van der Waals surface area contributed by atoms with Crippen LogP contribution in [-0.4, -0.2) is 92.2 Å². The predicted molar refractivity (Wildman–Crippen MR) is 160 cm³/mol. The summed E-state index contributed by atoms with van der Waals surface area (Å²) in [6.07, 6.45) is 0. The molecule has 15 heteroatoms. The molecule has 2 aliphatic rings. The number of hydrogen-bond donors (Lipinski definition) is 2. The van der Waals surface area contributed by atoms with Gasteiger partial charge in [-0.15, -0.1) is 22.0 Å². The number of aliphatic hydroxyl groups excluding tert-OH is 1. The summed E-state index contributed by atoms with van der Waals surface area (Å²) in [5, 5.41) is 28.1. The number of nitrogens with zero attached hydrogens (tertiary/aromatic N) is 4. The summed E-state index contributed by atoms with van der Waals surface area (Å²) < 4.78 is 11.2. The minimum Gasteiger partial charge on any atom is -0.497 e. The van der Waals surface area contributed by atoms with Crippen molar-refractivity contribution in [2.75, 3.05) is 36.7 Å². The van der Waals surface area contributed by atoms with Crippen molar-refractivity contribution in [2.24, 2.45) is 5.41 Å². The Morgan fingerprint density at radius 1 is 1.14 bits per heavy atom. The number of rotatable bonds is 11. The van der Waals surface area contributed by atoms with Gasteiger partial charge >= 0.3 is 11.9 Å². The molecule has 2 N–H and O–H groups in total. The summed E-state index contributed by atoms with van der Waals surface area (Å²) >= 11 is 3.96. The van der Waals surface area contributed by atoms with Gasteiger partial charge in [0.25, 0.3) is 5.91 Å². The second-order valence-electron chi connectivity index (χ2n) is 9.97. The Kier molecular flexibility index (Phi) is 9.25. The molecule has 2 aromatic carbocycles. The molecule has 2 amide bonds. The molecule has 3 aromatic rings. The minimum atomic E-state index is -1.20. The number of aliphatic hydroxyl groups is 1. The summed E-state index contributed by atoms with van der Waals surface area (Å²) in [7, 11) is 1.56. The second kappa shape index (κ2) is 12.9. The van der Waals surface area contributed by atoms with E-state index in [4.69, 9.17) is 9.47 Å². The van der Waals surface area contributed by atoms with Crippen LogP contribution in [0.2, 0.25) is 0 Å². The summed E-state index contributed by atoms with van der Waals surface area (Å²) in [6.45, 7) is 1.03. The van der Waals surface area contributed by atoms with Gasteiger partial charge in [-0.2, -0.15) is 0 Å². The number of amides is 2. The minimum absolute atomic E-state index is 0.0136. The Bertz CT molecular complexity index is 1520. The van der Waals surface area contributed by atoms with Crippen LogP contribution in [0, 0.1) is 12.3 Å². The Hall–Kier alpha value is -3.66. The van der Waals surface area contributed by atoms with Crippen molar-refractivity contribution in [3.8, 4) is 5.75 Å². The maximum Gasteiger partial charge on any atom is 0.338 e. The maximum absolute atomic E-state index is 13.4. The first-order valence-electron chi connectivity index (χ1n) is 13.1. The van der Waals surface area contributed by atoms with E-state index in [1.54, 1.807) is 31.4 Å². The quantitative estimate of drug-likeness (QED) is 0.179. The molecule has 0 spiro atoms. The molecule has 1 aromatic heterocycles. The number of carbonyl (C=O) groups excluding carboxylic acids is 3. The highest BCUT2D eigenvalue weighted by atomic mass is 32.2. The van der Waals surface area contributed by atoms with E-state index < -0.39 is 47.2 Å². The van der Waals surface area contributed by atoms with Gasteiger partial charge in [0.05, 0.1) is 12.7 Å². The number of β-lactam (4-membered cyclic amide) rings is 1. The van der Waals surface area contributed by atoms with Gasteiger partial charge in [-0.1, -0.05) is 35.2 Å². The monoisotopic (exact) mass is 644 g/mol. The van der Waals surface area contributed by atoms with Gasteiger partial charge in [0.1, 0.15) is 40.8 Å². The topological polar surface area (TPSA) is 159 Å². The fraction of sp³-hybridized carbons (Fsp3) is 0.357. The molecule has 43 heavy (non-hydrogen) atoms. The van der Waals surface area contributed by atoms with Crippen LogP contribution in [0.15, 0.2) is 52.9 Å². The molecule has 2 aliphatic heterocycles. The average Bonchev–Trinajstić information content (AvgIpc) is 3.45. The molecule has 3 atom stereocenters. The van der Waals surface area contributed by atoms with Crippen molar-refractivity contribution in [1.29, 1.82) is 0 Å². The van der Waals surface area contributed by atoms with Crippen molar-refractivity contribution >= 4 is 64.3 Å². The third kappa shape index (κ3) is 6.34. The third-order valence-electron chi connectivity index (χ3n) is 7.14. The molecule has 12 nitrogen and oxygen atoms in total. The fourth-order valence-corrected chi connectivity index (χ4v) is 8.49. The highest BCUT2D eigenvalue weighted by Gasteiger charge is 2.59. The number of anilines is 1. The van der Waals surface area contributed by atoms with E-state index in [0.717, 1.165) is 10.6 Å². The van der Waals surface area contributed by atoms with Crippen LogP contribution >= 0.6 is 34.9 Å². The van der Waals surface area contributed by atoms with Crippen molar-refractivity contribution in [3.05, 3.63) is 64.7 Å². The smallest absolute Gasteiger partial charge is 0.338 e. The van der Waals surface area contributed by atoms with Gasteiger partial charge in [-0.3, -0.25) is 19.3 Å². The van der Waals surface area contributed by atoms with Crippen LogP contribution in [-0.2, 0) is 25.7 Å². The number of carboxylic acid groups (broad SMARTS) is 1. The molecule has 0 bridgehead atoms. The van der Waals surface area contributed by atoms with Crippen LogP contribution in [0.4, 0.5) is 5.69 Å². The van der Waals surface area contributed by atoms with Crippen LogP contribution in [0.5, 0.6) is 5.75 Å². The SMILES string of the molecule is COc1ccc(COC(=O)c2ccc(N(C(=O)CO)C3C(=O)N4CC(CSc5nnc(C)s5)(C(=O)O)CS[C@H]34)cc2)cc1. The summed E-state index contributed by atoms with van der Waals surface area (Å²) in [5.41, 5.74) is 0.147. The van der Waals surface area contributed by atoms with Crippen LogP contribution in [0.1, 0.15) is 20.9 Å². The van der Waals surface area contributed by atoms with E-state index >= 15 is 0 Å². The molecule has 0 aliphatic carbocycles. The van der Waals surface area contributed by atoms with Crippen molar-refractivity contribution < 1.29 is 38.9 Å². The number of hydrogen-bond acceptors (Lipinski definition) is 12. The number of aromatic nitrogens is 2. The van der Waals surface area contributed by atoms with Crippen molar-refractivity contribution in [3.63, 3.8) is 0 Å². The second-order valence-corrected chi connectivity index (χ2v) is 13.5. The van der Waals surface area contributed by atoms with Crippen LogP contribution < -0.4 is 9.64 Å². The first-order valence-corrected chi connectivity index (χ1v) is 15.9. The molecular weight excluding hydrogens is 617 g/mol. The Morgan fingerprint density at radius 2 is 1.86 bits per heavy atom. The van der Waals surface area contributed by atoms with Gasteiger partial charge in [-0.25, -0.2) is 4.79 Å². The van der Waals surface area contributed by atoms with Gasteiger partial charge in [0.15, 0.2) is 4.34 Å². The molecule has 0 radical (unpaired) electrons. The lowest BCUT2D eigenvalue weighted by Gasteiger charge is -2.56. The van der Waals surface area contributed by atoms with Crippen molar-refractivity contribution in [2.45, 2.75) is 29.3 Å². The van der Waals surface area contributed by atoms with Gasteiger partial charge in [-0.05, 0) is 48.9 Å². The molecule has 5 rings (SSSR count). The summed E-state index contributed by atoms with van der Waals surface area (Å²) in [5.74, 6) is -1.57. The van der Waals surface area contributed by atoms with E-state index in [9.17, 15) is 29.4 Å². The number of aliphatic carboxylic acids is 1. The van der Waals surface area contributed by atoms with Gasteiger partial charge < -0.3 is 24.6 Å². The van der Waals surface area contributed by atoms with Crippen LogP contribution in [0.3, 0.4) is 0 Å². The molecular formula is C28H28N4O8S3. The molecule has 3 heterocycles. The number of ether oxygens (including phenoxy) is 2. The number of carbonyl (C=O) groups is 4. The lowest BCUT2D eigenvalue weighted by atomic mass is 9.89. The zero-order valence-corrected chi connectivity index (χ0v) is 25.6. The number of methoxy groups -OCH3 is 1. The normalized spacial score (nSPS) is 21.0. The first-order chi connectivity index (χ1) is 20.7. The molecule has 0 saturated carbocycles. The number of carboxylic acids is 1. The van der Waals surface area contributed by atoms with E-state index in [0.29, 0.717) is 15.8 Å². The van der Waals surface area contributed by atoms with E-state index in [-0.39, 0.29) is 30.2 Å². The van der Waals surface area contributed by atoms with E-state index in [1.807, 2.05) is 6.92 Å². The molecule has 2 saturated heterocycles. The lowest BCUT2D eigenvalue weighted by molar-refractivity contribution is -0.156. The molecule has 2 unspecified atom stereocenters. The van der Waals surface area contributed by atoms with E-state index in [2.05, 4.69) is 10.2 Å². The molecule has 226 valence electrons. The lowest BCUT2D eigenvalue weighted by Crippen LogP contribution is -2.75. The zero-order valence-electron chi connectivity index (χ0n) is 23.2. The largest absolute Gasteiger partial charge is 0.497 e. The highest BCUT2D eigenvalue weighted by Crippen LogP contribution is 2.46. The Balaban J connectivity index is 1.26. The predicted octanol–water partition coefficient (Wildman–Crippen LogP) is 2.68. The summed E-state index contributed by atoms with van der Waals surface area (Å²) in [4.78, 5) is 54.0. The van der Waals surface area contributed by atoms with Gasteiger partial charge in [0.2, 0.25) is 5.91 Å². The average molecular weight is 645 g/mol. The number of benzene rings is 2. The Morgan fingerprint density at radius 3 is 2.47 bits per heavy atom. The van der Waals surface area contributed by atoms with Crippen molar-refractivity contribution in [1.82, 2.24) is 15.1 Å². The van der Waals surface area contributed by atoms with Crippen LogP contribution in [0.25, 0.3) is 0 Å². The number of esters is 1. The maximum atomic E-state index is 13.4. The first kappa shape index (κ1) is 30.8.